The first-order chi connectivity index (χ1) is 6.59. The van der Waals surface area contributed by atoms with Gasteiger partial charge in [0.25, 0.3) is 0 Å². The number of carbonyl (C=O) groups excluding carboxylic acids is 1. The molecule has 1 aliphatic rings. The molecular weight excluding hydrogens is 178 g/mol. The van der Waals surface area contributed by atoms with Crippen molar-refractivity contribution in [2.45, 2.75) is 51.7 Å². The Morgan fingerprint density at radius 2 is 2.21 bits per heavy atom. The van der Waals surface area contributed by atoms with Crippen LogP contribution in [-0.4, -0.2) is 36.6 Å². The highest BCUT2D eigenvalue weighted by Gasteiger charge is 2.22. The smallest absolute Gasteiger partial charge is 0.307 e. The van der Waals surface area contributed by atoms with E-state index in [-0.39, 0.29) is 12.1 Å². The number of piperidine rings is 1. The second-order valence-corrected chi connectivity index (χ2v) is 4.37. The maximum atomic E-state index is 11.4. The lowest BCUT2D eigenvalue weighted by Crippen LogP contribution is -2.38. The fraction of sp³-hybridized carbons (Fsp3) is 0.909. The molecule has 1 fully saturated rings. The minimum absolute atomic E-state index is 0.0106. The van der Waals surface area contributed by atoms with E-state index in [0.717, 1.165) is 13.0 Å². The summed E-state index contributed by atoms with van der Waals surface area (Å²) in [6, 6.07) is 0.398. The van der Waals surface area contributed by atoms with Gasteiger partial charge in [0.15, 0.2) is 0 Å². The van der Waals surface area contributed by atoms with Gasteiger partial charge in [-0.15, -0.1) is 0 Å². The Labute approximate surface area is 86.4 Å². The summed E-state index contributed by atoms with van der Waals surface area (Å²) in [5.41, 5.74) is 0. The molecule has 0 aliphatic carbocycles. The van der Waals surface area contributed by atoms with Crippen molar-refractivity contribution in [1.29, 1.82) is 0 Å². The number of hydrogen-bond donors (Lipinski definition) is 0. The van der Waals surface area contributed by atoms with Crippen molar-refractivity contribution in [3.05, 3.63) is 0 Å². The van der Waals surface area contributed by atoms with Gasteiger partial charge in [-0.2, -0.15) is 0 Å². The molecule has 0 spiro atoms. The van der Waals surface area contributed by atoms with Crippen LogP contribution < -0.4 is 0 Å². The third-order valence-corrected chi connectivity index (χ3v) is 2.69. The second-order valence-electron chi connectivity index (χ2n) is 4.37. The lowest BCUT2D eigenvalue weighted by molar-refractivity contribution is -0.149. The van der Waals surface area contributed by atoms with Crippen LogP contribution in [-0.2, 0) is 9.53 Å². The lowest BCUT2D eigenvalue weighted by atomic mass is 10.0. The van der Waals surface area contributed by atoms with Gasteiger partial charge >= 0.3 is 5.97 Å². The highest BCUT2D eigenvalue weighted by molar-refractivity contribution is 5.70. The molecule has 0 N–H and O–H groups in total. The molecule has 3 nitrogen and oxygen atoms in total. The molecular formula is C11H21NO2. The van der Waals surface area contributed by atoms with Crippen LogP contribution in [0.3, 0.4) is 0 Å². The second kappa shape index (κ2) is 5.35. The lowest BCUT2D eigenvalue weighted by Gasteiger charge is -2.31. The summed E-state index contributed by atoms with van der Waals surface area (Å²) < 4.78 is 5.14. The van der Waals surface area contributed by atoms with E-state index >= 15 is 0 Å². The quantitative estimate of drug-likeness (QED) is 0.649. The van der Waals surface area contributed by atoms with Crippen LogP contribution in [0.1, 0.15) is 39.5 Å². The molecule has 0 saturated carbocycles. The largest absolute Gasteiger partial charge is 0.463 e. The molecule has 0 aromatic heterocycles. The van der Waals surface area contributed by atoms with Gasteiger partial charge in [-0.05, 0) is 40.3 Å². The Bertz CT molecular complexity index is 192. The van der Waals surface area contributed by atoms with E-state index in [1.54, 1.807) is 0 Å². The molecule has 1 atom stereocenters. The van der Waals surface area contributed by atoms with Gasteiger partial charge < -0.3 is 9.64 Å². The zero-order valence-corrected chi connectivity index (χ0v) is 9.45. The zero-order chi connectivity index (χ0) is 10.6. The zero-order valence-electron chi connectivity index (χ0n) is 9.45. The van der Waals surface area contributed by atoms with Gasteiger partial charge in [0.2, 0.25) is 0 Å². The number of likely N-dealkylation sites (tertiary alicyclic amines) is 1. The molecule has 1 heterocycles. The van der Waals surface area contributed by atoms with Crippen LogP contribution >= 0.6 is 0 Å². The van der Waals surface area contributed by atoms with Crippen LogP contribution in [0.25, 0.3) is 0 Å². The molecule has 82 valence electrons. The minimum atomic E-state index is -0.0567. The van der Waals surface area contributed by atoms with Gasteiger partial charge in [0.05, 0.1) is 12.5 Å². The van der Waals surface area contributed by atoms with Crippen molar-refractivity contribution in [2.75, 3.05) is 13.6 Å². The Morgan fingerprint density at radius 3 is 2.79 bits per heavy atom. The van der Waals surface area contributed by atoms with Crippen molar-refractivity contribution < 1.29 is 9.53 Å². The van der Waals surface area contributed by atoms with Gasteiger partial charge in [-0.1, -0.05) is 6.42 Å². The van der Waals surface area contributed by atoms with Crippen LogP contribution in [0.15, 0.2) is 0 Å². The van der Waals surface area contributed by atoms with E-state index in [1.165, 1.54) is 12.8 Å². The van der Waals surface area contributed by atoms with Crippen LogP contribution in [0.4, 0.5) is 0 Å². The van der Waals surface area contributed by atoms with Crippen molar-refractivity contribution in [3.63, 3.8) is 0 Å². The summed E-state index contributed by atoms with van der Waals surface area (Å²) in [6.07, 6.45) is 4.19. The first-order valence-electron chi connectivity index (χ1n) is 5.49. The highest BCUT2D eigenvalue weighted by atomic mass is 16.5. The topological polar surface area (TPSA) is 29.5 Å². The molecule has 0 aromatic rings. The molecule has 1 aliphatic heterocycles. The Kier molecular flexibility index (Phi) is 4.39. The van der Waals surface area contributed by atoms with E-state index < -0.39 is 0 Å². The molecule has 0 radical (unpaired) electrons. The average molecular weight is 199 g/mol. The Hall–Kier alpha value is -0.570. The summed E-state index contributed by atoms with van der Waals surface area (Å²) >= 11 is 0. The van der Waals surface area contributed by atoms with Crippen molar-refractivity contribution in [2.24, 2.45) is 0 Å². The number of carbonyl (C=O) groups is 1. The maximum absolute atomic E-state index is 11.4. The van der Waals surface area contributed by atoms with Crippen molar-refractivity contribution in [3.8, 4) is 0 Å². The maximum Gasteiger partial charge on any atom is 0.307 e. The first-order valence-corrected chi connectivity index (χ1v) is 5.49. The average Bonchev–Trinajstić information content (AvgIpc) is 2.07. The molecule has 3 heteroatoms. The van der Waals surface area contributed by atoms with E-state index in [4.69, 9.17) is 4.74 Å². The van der Waals surface area contributed by atoms with Gasteiger partial charge in [-0.25, -0.2) is 0 Å². The van der Waals surface area contributed by atoms with Gasteiger partial charge in [0, 0.05) is 6.04 Å². The monoisotopic (exact) mass is 199 g/mol. The number of hydrogen-bond acceptors (Lipinski definition) is 3. The highest BCUT2D eigenvalue weighted by Crippen LogP contribution is 2.18. The van der Waals surface area contributed by atoms with Crippen LogP contribution in [0, 0.1) is 0 Å². The van der Waals surface area contributed by atoms with E-state index in [9.17, 15) is 4.79 Å². The van der Waals surface area contributed by atoms with E-state index in [2.05, 4.69) is 11.9 Å². The summed E-state index contributed by atoms with van der Waals surface area (Å²) in [5, 5.41) is 0. The number of rotatable bonds is 3. The van der Waals surface area contributed by atoms with Crippen molar-refractivity contribution >= 4 is 5.97 Å². The minimum Gasteiger partial charge on any atom is -0.463 e. The third kappa shape index (κ3) is 3.66. The fourth-order valence-corrected chi connectivity index (χ4v) is 1.91. The predicted molar refractivity (Wildman–Crippen MR) is 56.1 cm³/mol. The summed E-state index contributed by atoms with van der Waals surface area (Å²) in [7, 11) is 2.09. The third-order valence-electron chi connectivity index (χ3n) is 2.69. The van der Waals surface area contributed by atoms with Crippen molar-refractivity contribution in [1.82, 2.24) is 4.90 Å². The van der Waals surface area contributed by atoms with Gasteiger partial charge in [-0.3, -0.25) is 4.79 Å². The summed E-state index contributed by atoms with van der Waals surface area (Å²) in [5.74, 6) is -0.0567. The van der Waals surface area contributed by atoms with E-state index in [1.807, 2.05) is 13.8 Å². The molecule has 1 rings (SSSR count). The number of ether oxygens (including phenoxy) is 1. The molecule has 0 amide bonds. The SMILES string of the molecule is CC(C)OC(=O)CC1CCCCN1C. The number of nitrogens with zero attached hydrogens (tertiary/aromatic N) is 1. The van der Waals surface area contributed by atoms with Crippen LogP contribution in [0.5, 0.6) is 0 Å². The fourth-order valence-electron chi connectivity index (χ4n) is 1.91. The molecule has 1 unspecified atom stereocenters. The summed E-state index contributed by atoms with van der Waals surface area (Å²) in [4.78, 5) is 13.7. The van der Waals surface area contributed by atoms with E-state index in [0.29, 0.717) is 12.5 Å². The number of esters is 1. The standard InChI is InChI=1S/C11H21NO2/c1-9(2)14-11(13)8-10-6-4-5-7-12(10)3/h9-10H,4-8H2,1-3H3. The molecule has 1 saturated heterocycles. The van der Waals surface area contributed by atoms with Gasteiger partial charge in [0.1, 0.15) is 0 Å². The normalized spacial score (nSPS) is 23.9. The summed E-state index contributed by atoms with van der Waals surface area (Å²) in [6.45, 7) is 4.89. The molecule has 0 bridgehead atoms. The molecule has 0 aromatic carbocycles. The van der Waals surface area contributed by atoms with Crippen LogP contribution in [0.2, 0.25) is 0 Å². The first kappa shape index (κ1) is 11.5. The Balaban J connectivity index is 2.31. The Morgan fingerprint density at radius 1 is 1.50 bits per heavy atom. The molecule has 14 heavy (non-hydrogen) atoms. The predicted octanol–water partition coefficient (Wildman–Crippen LogP) is 1.81.